The van der Waals surface area contributed by atoms with E-state index in [9.17, 15) is 18.0 Å². The monoisotopic (exact) mass is 452 g/mol. The summed E-state index contributed by atoms with van der Waals surface area (Å²) < 4.78 is 38.7. The molecule has 0 saturated carbocycles. The number of halogens is 5. The van der Waals surface area contributed by atoms with Crippen molar-refractivity contribution in [3.05, 3.63) is 87.5 Å². The first kappa shape index (κ1) is 21.6. The molecule has 1 heterocycles. The van der Waals surface area contributed by atoms with Gasteiger partial charge in [0, 0.05) is 17.4 Å². The normalized spacial score (nSPS) is 11.5. The number of hydrogen-bond acceptors (Lipinski definition) is 4. The van der Waals surface area contributed by atoms with Gasteiger partial charge < -0.3 is 5.32 Å². The van der Waals surface area contributed by atoms with E-state index in [1.165, 1.54) is 36.7 Å². The first-order chi connectivity index (χ1) is 14.3. The van der Waals surface area contributed by atoms with Crippen molar-refractivity contribution in [2.75, 3.05) is 5.32 Å². The Bertz CT molecular complexity index is 1080. The molecule has 0 bridgehead atoms. The van der Waals surface area contributed by atoms with Crippen molar-refractivity contribution >= 4 is 46.8 Å². The van der Waals surface area contributed by atoms with Gasteiger partial charge in [-0.3, -0.25) is 4.79 Å². The predicted octanol–water partition coefficient (Wildman–Crippen LogP) is 5.91. The maximum atomic E-state index is 12.9. The van der Waals surface area contributed by atoms with Crippen molar-refractivity contribution in [3.8, 4) is 0 Å². The molecule has 30 heavy (non-hydrogen) atoms. The Kier molecular flexibility index (Phi) is 6.59. The molecular weight excluding hydrogens is 440 g/mol. The number of nitrogens with one attached hydrogen (secondary N) is 2. The number of anilines is 2. The van der Waals surface area contributed by atoms with E-state index in [1.807, 2.05) is 0 Å². The molecule has 0 saturated heterocycles. The van der Waals surface area contributed by atoms with Crippen molar-refractivity contribution in [3.63, 3.8) is 0 Å². The zero-order chi connectivity index (χ0) is 21.7. The highest BCUT2D eigenvalue weighted by Gasteiger charge is 2.30. The Labute approximate surface area is 179 Å². The number of pyridine rings is 1. The van der Waals surface area contributed by atoms with E-state index in [0.717, 1.165) is 12.1 Å². The summed E-state index contributed by atoms with van der Waals surface area (Å²) in [5.74, 6) is -0.558. The summed E-state index contributed by atoms with van der Waals surface area (Å²) in [6, 6.07) is 12.4. The summed E-state index contributed by atoms with van der Waals surface area (Å²) >= 11 is 12.1. The molecule has 0 aliphatic heterocycles. The molecule has 2 aromatic carbocycles. The van der Waals surface area contributed by atoms with Gasteiger partial charge in [0.25, 0.3) is 5.91 Å². The fourth-order valence-electron chi connectivity index (χ4n) is 2.45. The number of benzene rings is 2. The number of rotatable bonds is 5. The van der Waals surface area contributed by atoms with Crippen LogP contribution < -0.4 is 10.7 Å². The van der Waals surface area contributed by atoms with Crippen LogP contribution in [0, 0.1) is 0 Å². The smallest absolute Gasteiger partial charge is 0.340 e. The lowest BCUT2D eigenvalue weighted by atomic mass is 10.2. The first-order valence-electron chi connectivity index (χ1n) is 8.42. The molecule has 0 radical (unpaired) electrons. The lowest BCUT2D eigenvalue weighted by Crippen LogP contribution is -2.19. The summed E-state index contributed by atoms with van der Waals surface area (Å²) in [6.45, 7) is 0. The van der Waals surface area contributed by atoms with Gasteiger partial charge in [-0.25, -0.2) is 10.4 Å². The quantitative estimate of drug-likeness (QED) is 0.373. The van der Waals surface area contributed by atoms with Crippen LogP contribution >= 0.6 is 23.2 Å². The highest BCUT2D eigenvalue weighted by molar-refractivity contribution is 6.38. The Morgan fingerprint density at radius 2 is 1.73 bits per heavy atom. The molecule has 5 nitrogen and oxygen atoms in total. The van der Waals surface area contributed by atoms with Crippen molar-refractivity contribution < 1.29 is 18.0 Å². The minimum absolute atomic E-state index is 0.0697. The van der Waals surface area contributed by atoms with Crippen molar-refractivity contribution in [1.29, 1.82) is 0 Å². The second kappa shape index (κ2) is 9.15. The molecule has 0 aliphatic rings. The largest absolute Gasteiger partial charge is 0.416 e. The molecule has 0 spiro atoms. The zero-order valence-electron chi connectivity index (χ0n) is 15.0. The number of carbonyl (C=O) groups is 1. The van der Waals surface area contributed by atoms with Crippen LogP contribution in [0.5, 0.6) is 0 Å². The fraction of sp³-hybridized carbons (Fsp3) is 0.0500. The first-order valence-corrected chi connectivity index (χ1v) is 9.18. The molecular formula is C20H13Cl2F3N4O. The van der Waals surface area contributed by atoms with E-state index < -0.39 is 17.6 Å². The van der Waals surface area contributed by atoms with Crippen LogP contribution in [0.15, 0.2) is 65.9 Å². The van der Waals surface area contributed by atoms with Crippen molar-refractivity contribution in [2.45, 2.75) is 6.18 Å². The predicted molar refractivity (Wildman–Crippen MR) is 110 cm³/mol. The number of hydrogen-bond donors (Lipinski definition) is 2. The molecule has 0 aliphatic carbocycles. The molecule has 3 rings (SSSR count). The minimum atomic E-state index is -4.49. The Morgan fingerprint density at radius 3 is 2.43 bits per heavy atom. The van der Waals surface area contributed by atoms with Gasteiger partial charge in [0.05, 0.1) is 27.4 Å². The second-order valence-corrected chi connectivity index (χ2v) is 6.75. The maximum absolute atomic E-state index is 12.9. The topological polar surface area (TPSA) is 66.4 Å². The Hall–Kier alpha value is -3.10. The van der Waals surface area contributed by atoms with Gasteiger partial charge in [0.15, 0.2) is 0 Å². The third-order valence-corrected chi connectivity index (χ3v) is 4.52. The summed E-state index contributed by atoms with van der Waals surface area (Å²) in [6.07, 6.45) is -1.80. The SMILES string of the molecule is O=C(N/N=C/c1c(Cl)cccc1Cl)c1cccnc1Nc1cccc(C(F)(F)F)c1. The molecule has 3 aromatic rings. The highest BCUT2D eigenvalue weighted by atomic mass is 35.5. The fourth-order valence-corrected chi connectivity index (χ4v) is 2.94. The Morgan fingerprint density at radius 1 is 1.03 bits per heavy atom. The zero-order valence-corrected chi connectivity index (χ0v) is 16.6. The maximum Gasteiger partial charge on any atom is 0.416 e. The van der Waals surface area contributed by atoms with Crippen LogP contribution in [0.25, 0.3) is 0 Å². The van der Waals surface area contributed by atoms with Gasteiger partial charge in [-0.05, 0) is 42.5 Å². The molecule has 154 valence electrons. The Balaban J connectivity index is 1.78. The van der Waals surface area contributed by atoms with E-state index in [-0.39, 0.29) is 17.1 Å². The van der Waals surface area contributed by atoms with E-state index in [2.05, 4.69) is 20.8 Å². The molecule has 0 fully saturated rings. The second-order valence-electron chi connectivity index (χ2n) is 5.94. The lowest BCUT2D eigenvalue weighted by molar-refractivity contribution is -0.137. The number of amides is 1. The molecule has 1 amide bonds. The third kappa shape index (κ3) is 5.28. The van der Waals surface area contributed by atoms with E-state index in [4.69, 9.17) is 23.2 Å². The minimum Gasteiger partial charge on any atom is -0.340 e. The van der Waals surface area contributed by atoms with Gasteiger partial charge in [0.2, 0.25) is 0 Å². The molecule has 0 unspecified atom stereocenters. The average Bonchev–Trinajstić information content (AvgIpc) is 2.70. The summed E-state index contributed by atoms with van der Waals surface area (Å²) in [7, 11) is 0. The van der Waals surface area contributed by atoms with Crippen molar-refractivity contribution in [1.82, 2.24) is 10.4 Å². The summed E-state index contributed by atoms with van der Waals surface area (Å²) in [5, 5.41) is 7.27. The van der Waals surface area contributed by atoms with Crippen LogP contribution in [-0.4, -0.2) is 17.1 Å². The number of carbonyl (C=O) groups excluding carboxylic acids is 1. The lowest BCUT2D eigenvalue weighted by Gasteiger charge is -2.12. The molecule has 0 atom stereocenters. The van der Waals surface area contributed by atoms with Gasteiger partial charge in [-0.1, -0.05) is 35.3 Å². The van der Waals surface area contributed by atoms with Crippen LogP contribution in [0.4, 0.5) is 24.7 Å². The molecule has 2 N–H and O–H groups in total. The van der Waals surface area contributed by atoms with Crippen LogP contribution in [-0.2, 0) is 6.18 Å². The average molecular weight is 453 g/mol. The van der Waals surface area contributed by atoms with Gasteiger partial charge in [-0.15, -0.1) is 0 Å². The number of nitrogens with zero attached hydrogens (tertiary/aromatic N) is 2. The standard InChI is InChI=1S/C20H13Cl2F3N4O/c21-16-7-2-8-17(22)15(16)11-27-29-19(30)14-6-3-9-26-18(14)28-13-5-1-4-12(10-13)20(23,24)25/h1-11H,(H,26,28)(H,29,30)/b27-11+. The van der Waals surface area contributed by atoms with E-state index in [1.54, 1.807) is 18.2 Å². The van der Waals surface area contributed by atoms with Gasteiger partial charge >= 0.3 is 6.18 Å². The number of hydrazone groups is 1. The van der Waals surface area contributed by atoms with Gasteiger partial charge in [0.1, 0.15) is 5.82 Å². The van der Waals surface area contributed by atoms with Gasteiger partial charge in [-0.2, -0.15) is 18.3 Å². The highest BCUT2D eigenvalue weighted by Crippen LogP contribution is 2.31. The summed E-state index contributed by atoms with van der Waals surface area (Å²) in [5.41, 5.74) is 2.13. The summed E-state index contributed by atoms with van der Waals surface area (Å²) in [4.78, 5) is 16.5. The molecule has 10 heteroatoms. The van der Waals surface area contributed by atoms with E-state index in [0.29, 0.717) is 15.6 Å². The van der Waals surface area contributed by atoms with Crippen LogP contribution in [0.1, 0.15) is 21.5 Å². The number of alkyl halides is 3. The molecule has 1 aromatic heterocycles. The van der Waals surface area contributed by atoms with Crippen LogP contribution in [0.3, 0.4) is 0 Å². The van der Waals surface area contributed by atoms with E-state index >= 15 is 0 Å². The van der Waals surface area contributed by atoms with Crippen molar-refractivity contribution in [2.24, 2.45) is 5.10 Å². The third-order valence-electron chi connectivity index (χ3n) is 3.86. The van der Waals surface area contributed by atoms with Crippen LogP contribution in [0.2, 0.25) is 10.0 Å². The number of aromatic nitrogens is 1.